The molecule has 0 aromatic heterocycles. The maximum Gasteiger partial charge on any atom is 0.222 e. The van der Waals surface area contributed by atoms with Gasteiger partial charge in [-0.05, 0) is 75.8 Å². The van der Waals surface area contributed by atoms with E-state index in [1.165, 1.54) is 77.3 Å². The third-order valence-electron chi connectivity index (χ3n) is 7.36. The first kappa shape index (κ1) is 18.2. The van der Waals surface area contributed by atoms with Crippen molar-refractivity contribution >= 4 is 5.91 Å². The summed E-state index contributed by atoms with van der Waals surface area (Å²) in [4.78, 5) is 16.8. The van der Waals surface area contributed by atoms with Crippen LogP contribution in [0.25, 0.3) is 0 Å². The van der Waals surface area contributed by atoms with Gasteiger partial charge in [0.15, 0.2) is 0 Å². The molecule has 2 aliphatic heterocycles. The highest BCUT2D eigenvalue weighted by molar-refractivity contribution is 5.75. The zero-order valence-corrected chi connectivity index (χ0v) is 16.1. The molecule has 2 heterocycles. The number of nitrogens with zero attached hydrogens (tertiary/aromatic N) is 2. The van der Waals surface area contributed by atoms with Gasteiger partial charge in [0.1, 0.15) is 0 Å². The van der Waals surface area contributed by atoms with Crippen molar-refractivity contribution < 1.29 is 4.79 Å². The van der Waals surface area contributed by atoms with Gasteiger partial charge in [-0.25, -0.2) is 0 Å². The largest absolute Gasteiger partial charge is 0.343 e. The van der Waals surface area contributed by atoms with Gasteiger partial charge in [0, 0.05) is 25.6 Å². The van der Waals surface area contributed by atoms with E-state index in [1.54, 1.807) is 0 Å². The van der Waals surface area contributed by atoms with E-state index in [1.807, 2.05) is 6.92 Å². The molecule has 3 heteroatoms. The summed E-state index contributed by atoms with van der Waals surface area (Å²) in [5, 5.41) is 0. The Morgan fingerprint density at radius 1 is 0.917 bits per heavy atom. The fourth-order valence-electron chi connectivity index (χ4n) is 5.55. The number of amides is 1. The summed E-state index contributed by atoms with van der Waals surface area (Å²) in [6.07, 6.45) is 14.5. The first-order valence-corrected chi connectivity index (χ1v) is 10.7. The topological polar surface area (TPSA) is 23.6 Å². The lowest BCUT2D eigenvalue weighted by atomic mass is 9.66. The van der Waals surface area contributed by atoms with Gasteiger partial charge in [-0.15, -0.1) is 0 Å². The van der Waals surface area contributed by atoms with E-state index in [4.69, 9.17) is 0 Å². The molecule has 0 atom stereocenters. The van der Waals surface area contributed by atoms with E-state index >= 15 is 0 Å². The average molecular weight is 335 g/mol. The molecule has 1 saturated carbocycles. The van der Waals surface area contributed by atoms with Crippen LogP contribution in [0.3, 0.4) is 0 Å². The third-order valence-corrected chi connectivity index (χ3v) is 7.36. The summed E-state index contributed by atoms with van der Waals surface area (Å²) < 4.78 is 0. The molecule has 24 heavy (non-hydrogen) atoms. The van der Waals surface area contributed by atoms with Crippen molar-refractivity contribution in [2.45, 2.75) is 90.5 Å². The lowest BCUT2D eigenvalue weighted by molar-refractivity contribution is -0.133. The number of likely N-dealkylation sites (tertiary alicyclic amines) is 2. The molecular weight excluding hydrogens is 296 g/mol. The maximum absolute atomic E-state index is 11.9. The molecular formula is C21H38N2O. The summed E-state index contributed by atoms with van der Waals surface area (Å²) in [6.45, 7) is 9.04. The van der Waals surface area contributed by atoms with Crippen LogP contribution in [0, 0.1) is 11.3 Å². The minimum atomic E-state index is 0.355. The third kappa shape index (κ3) is 4.15. The minimum absolute atomic E-state index is 0.355. The van der Waals surface area contributed by atoms with Crippen molar-refractivity contribution in [3.63, 3.8) is 0 Å². The van der Waals surface area contributed by atoms with Crippen LogP contribution in [0.5, 0.6) is 0 Å². The summed E-state index contributed by atoms with van der Waals surface area (Å²) in [7, 11) is 0. The Bertz CT molecular complexity index is 396. The molecule has 1 amide bonds. The van der Waals surface area contributed by atoms with Crippen LogP contribution in [-0.2, 0) is 4.79 Å². The van der Waals surface area contributed by atoms with Crippen molar-refractivity contribution in [2.24, 2.45) is 11.3 Å². The van der Waals surface area contributed by atoms with Gasteiger partial charge >= 0.3 is 0 Å². The standard InChI is InChI=1S/C21H38N2O/c1-3-5-18-8-14-22(15-9-18)19-6-10-21(11-7-19)12-16-23(17-13-21)20(24)4-2/h18-19H,3-17H2,1-2H3. The molecule has 0 radical (unpaired) electrons. The smallest absolute Gasteiger partial charge is 0.222 e. The van der Waals surface area contributed by atoms with Crippen molar-refractivity contribution in [1.29, 1.82) is 0 Å². The number of carbonyl (C=O) groups is 1. The second-order valence-electron chi connectivity index (χ2n) is 8.73. The molecule has 1 aliphatic carbocycles. The van der Waals surface area contributed by atoms with Gasteiger partial charge < -0.3 is 9.80 Å². The molecule has 3 fully saturated rings. The van der Waals surface area contributed by atoms with E-state index in [-0.39, 0.29) is 0 Å². The van der Waals surface area contributed by atoms with E-state index in [0.717, 1.165) is 25.0 Å². The van der Waals surface area contributed by atoms with Crippen molar-refractivity contribution in [3.8, 4) is 0 Å². The second kappa shape index (κ2) is 8.21. The quantitative estimate of drug-likeness (QED) is 0.758. The summed E-state index contributed by atoms with van der Waals surface area (Å²) in [6, 6.07) is 0.855. The Kier molecular flexibility index (Phi) is 6.23. The van der Waals surface area contributed by atoms with Gasteiger partial charge in [-0.3, -0.25) is 4.79 Å². The van der Waals surface area contributed by atoms with Gasteiger partial charge in [0.2, 0.25) is 5.91 Å². The molecule has 0 N–H and O–H groups in total. The Morgan fingerprint density at radius 2 is 1.54 bits per heavy atom. The van der Waals surface area contributed by atoms with E-state index in [2.05, 4.69) is 16.7 Å². The Balaban J connectivity index is 1.43. The van der Waals surface area contributed by atoms with Gasteiger partial charge in [-0.2, -0.15) is 0 Å². The van der Waals surface area contributed by atoms with Gasteiger partial charge in [0.05, 0.1) is 0 Å². The highest BCUT2D eigenvalue weighted by Gasteiger charge is 2.40. The molecule has 3 nitrogen and oxygen atoms in total. The fraction of sp³-hybridized carbons (Fsp3) is 0.952. The molecule has 2 saturated heterocycles. The molecule has 1 spiro atoms. The number of piperidine rings is 2. The molecule has 138 valence electrons. The molecule has 0 unspecified atom stereocenters. The van der Waals surface area contributed by atoms with E-state index in [0.29, 0.717) is 17.7 Å². The van der Waals surface area contributed by atoms with Crippen molar-refractivity contribution in [1.82, 2.24) is 9.80 Å². The predicted octanol–water partition coefficient (Wildman–Crippen LogP) is 4.46. The number of rotatable bonds is 4. The summed E-state index contributed by atoms with van der Waals surface area (Å²) in [5.41, 5.74) is 0.571. The van der Waals surface area contributed by atoms with Crippen LogP contribution in [0.4, 0.5) is 0 Å². The number of carbonyl (C=O) groups excluding carboxylic acids is 1. The van der Waals surface area contributed by atoms with Crippen LogP contribution >= 0.6 is 0 Å². The van der Waals surface area contributed by atoms with Crippen molar-refractivity contribution in [2.75, 3.05) is 26.2 Å². The van der Waals surface area contributed by atoms with Gasteiger partial charge in [0.25, 0.3) is 0 Å². The Morgan fingerprint density at radius 3 is 2.08 bits per heavy atom. The molecule has 0 aromatic rings. The first-order chi connectivity index (χ1) is 11.7. The van der Waals surface area contributed by atoms with Gasteiger partial charge in [-0.1, -0.05) is 26.7 Å². The van der Waals surface area contributed by atoms with E-state index < -0.39 is 0 Å². The fourth-order valence-corrected chi connectivity index (χ4v) is 5.55. The molecule has 0 aromatic carbocycles. The zero-order chi connectivity index (χ0) is 17.0. The van der Waals surface area contributed by atoms with E-state index in [9.17, 15) is 4.79 Å². The minimum Gasteiger partial charge on any atom is -0.343 e. The monoisotopic (exact) mass is 334 g/mol. The van der Waals surface area contributed by atoms with Crippen LogP contribution in [-0.4, -0.2) is 47.9 Å². The molecule has 3 aliphatic rings. The SMILES string of the molecule is CCCC1CCN(C2CCC3(CC2)CCN(C(=O)CC)CC3)CC1. The lowest BCUT2D eigenvalue weighted by Crippen LogP contribution is -2.48. The normalized spacial score (nSPS) is 26.8. The Labute approximate surface area is 149 Å². The Hall–Kier alpha value is -0.570. The highest BCUT2D eigenvalue weighted by atomic mass is 16.2. The highest BCUT2D eigenvalue weighted by Crippen LogP contribution is 2.46. The van der Waals surface area contributed by atoms with Crippen LogP contribution in [0.2, 0.25) is 0 Å². The second-order valence-corrected chi connectivity index (χ2v) is 8.73. The molecule has 0 bridgehead atoms. The zero-order valence-electron chi connectivity index (χ0n) is 16.1. The number of hydrogen-bond donors (Lipinski definition) is 0. The lowest BCUT2D eigenvalue weighted by Gasteiger charge is -2.48. The predicted molar refractivity (Wildman–Crippen MR) is 100.0 cm³/mol. The first-order valence-electron chi connectivity index (χ1n) is 10.7. The number of hydrogen-bond acceptors (Lipinski definition) is 2. The van der Waals surface area contributed by atoms with Crippen LogP contribution in [0.15, 0.2) is 0 Å². The van der Waals surface area contributed by atoms with Crippen molar-refractivity contribution in [3.05, 3.63) is 0 Å². The van der Waals surface area contributed by atoms with Crippen LogP contribution in [0.1, 0.15) is 84.5 Å². The summed E-state index contributed by atoms with van der Waals surface area (Å²) >= 11 is 0. The summed E-state index contributed by atoms with van der Waals surface area (Å²) in [5.74, 6) is 1.36. The maximum atomic E-state index is 11.9. The molecule has 3 rings (SSSR count). The van der Waals surface area contributed by atoms with Crippen LogP contribution < -0.4 is 0 Å². The average Bonchev–Trinajstić information content (AvgIpc) is 2.63.